The maximum atomic E-state index is 11.0. The Kier molecular flexibility index (Phi) is 2.97. The van der Waals surface area contributed by atoms with E-state index in [4.69, 9.17) is 9.84 Å². The fourth-order valence-corrected chi connectivity index (χ4v) is 2.65. The van der Waals surface area contributed by atoms with E-state index in [9.17, 15) is 4.79 Å². The van der Waals surface area contributed by atoms with Gasteiger partial charge in [0, 0.05) is 12.0 Å². The van der Waals surface area contributed by atoms with Gasteiger partial charge in [0.15, 0.2) is 0 Å². The molecule has 0 bridgehead atoms. The van der Waals surface area contributed by atoms with Gasteiger partial charge in [-0.05, 0) is 36.1 Å². The molecule has 0 aromatic heterocycles. The second kappa shape index (κ2) is 4.67. The summed E-state index contributed by atoms with van der Waals surface area (Å²) in [4.78, 5) is 11.0. The lowest BCUT2D eigenvalue weighted by Crippen LogP contribution is -2.09. The Morgan fingerprint density at radius 1 is 1.15 bits per heavy atom. The highest BCUT2D eigenvalue weighted by molar-refractivity contribution is 5.72. The van der Waals surface area contributed by atoms with Crippen LogP contribution in [0.2, 0.25) is 0 Å². The van der Waals surface area contributed by atoms with Crippen LogP contribution in [-0.2, 0) is 17.6 Å². The van der Waals surface area contributed by atoms with Crippen LogP contribution in [0, 0.1) is 13.8 Å². The third-order valence-electron chi connectivity index (χ3n) is 3.86. The second-order valence-corrected chi connectivity index (χ2v) is 5.25. The summed E-state index contributed by atoms with van der Waals surface area (Å²) >= 11 is 0. The number of hydrogen-bond donors (Lipinski definition) is 1. The molecule has 0 saturated carbocycles. The van der Waals surface area contributed by atoms with Crippen LogP contribution in [-0.4, -0.2) is 11.1 Å². The van der Waals surface area contributed by atoms with Crippen LogP contribution in [0.1, 0.15) is 27.8 Å². The van der Waals surface area contributed by atoms with Crippen LogP contribution < -0.4 is 4.74 Å². The number of carboxylic acids is 1. The molecule has 1 N–H and O–H groups in total. The Bertz CT molecular complexity index is 702. The van der Waals surface area contributed by atoms with Crippen molar-refractivity contribution < 1.29 is 14.6 Å². The summed E-state index contributed by atoms with van der Waals surface area (Å²) in [6.45, 7) is 4.09. The zero-order valence-corrected chi connectivity index (χ0v) is 11.6. The Morgan fingerprint density at radius 2 is 1.90 bits per heavy atom. The average molecular weight is 268 g/mol. The molecule has 0 fully saturated rings. The summed E-state index contributed by atoms with van der Waals surface area (Å²) < 4.78 is 6.06. The lowest BCUT2D eigenvalue weighted by atomic mass is 9.94. The van der Waals surface area contributed by atoms with Crippen molar-refractivity contribution in [3.05, 3.63) is 58.1 Å². The number of aryl methyl sites for hydroxylation is 1. The summed E-state index contributed by atoms with van der Waals surface area (Å²) in [5.74, 6) is 0.764. The highest BCUT2D eigenvalue weighted by Gasteiger charge is 2.22. The number of carbonyl (C=O) groups is 1. The highest BCUT2D eigenvalue weighted by atomic mass is 16.5. The number of hydrogen-bond acceptors (Lipinski definition) is 2. The van der Waals surface area contributed by atoms with E-state index < -0.39 is 5.97 Å². The van der Waals surface area contributed by atoms with E-state index >= 15 is 0 Å². The van der Waals surface area contributed by atoms with E-state index in [2.05, 4.69) is 19.1 Å². The SMILES string of the molecule is Cc1ccc2c(c1C)Oc1c(CC(=O)O)cccc1C2. The molecule has 3 heteroatoms. The molecule has 0 atom stereocenters. The van der Waals surface area contributed by atoms with Crippen molar-refractivity contribution >= 4 is 5.97 Å². The van der Waals surface area contributed by atoms with Gasteiger partial charge in [-0.25, -0.2) is 0 Å². The Morgan fingerprint density at radius 3 is 2.65 bits per heavy atom. The minimum atomic E-state index is -0.839. The van der Waals surface area contributed by atoms with Gasteiger partial charge in [0.25, 0.3) is 0 Å². The Labute approximate surface area is 117 Å². The van der Waals surface area contributed by atoms with Crippen LogP contribution in [0.25, 0.3) is 0 Å². The van der Waals surface area contributed by atoms with Gasteiger partial charge in [-0.2, -0.15) is 0 Å². The van der Waals surface area contributed by atoms with Crippen LogP contribution in [0.3, 0.4) is 0 Å². The molecule has 102 valence electrons. The lowest BCUT2D eigenvalue weighted by molar-refractivity contribution is -0.136. The first-order chi connectivity index (χ1) is 9.56. The summed E-state index contributed by atoms with van der Waals surface area (Å²) in [6, 6.07) is 9.91. The van der Waals surface area contributed by atoms with E-state index in [0.717, 1.165) is 40.2 Å². The number of fused-ring (bicyclic) bond motifs is 2. The van der Waals surface area contributed by atoms with E-state index in [1.807, 2.05) is 25.1 Å². The predicted octanol–water partition coefficient (Wildman–Crippen LogP) is 3.63. The number of aliphatic carboxylic acids is 1. The fraction of sp³-hybridized carbons (Fsp3) is 0.235. The molecule has 0 saturated heterocycles. The van der Waals surface area contributed by atoms with Crippen molar-refractivity contribution in [2.75, 3.05) is 0 Å². The summed E-state index contributed by atoms with van der Waals surface area (Å²) in [5.41, 5.74) is 5.26. The Hall–Kier alpha value is -2.29. The van der Waals surface area contributed by atoms with Crippen molar-refractivity contribution in [1.82, 2.24) is 0 Å². The average Bonchev–Trinajstić information content (AvgIpc) is 2.41. The fourth-order valence-electron chi connectivity index (χ4n) is 2.65. The van der Waals surface area contributed by atoms with E-state index in [0.29, 0.717) is 0 Å². The van der Waals surface area contributed by atoms with Crippen LogP contribution in [0.5, 0.6) is 11.5 Å². The van der Waals surface area contributed by atoms with E-state index in [1.54, 1.807) is 0 Å². The van der Waals surface area contributed by atoms with Gasteiger partial charge in [-0.3, -0.25) is 4.79 Å². The maximum absolute atomic E-state index is 11.0. The third-order valence-corrected chi connectivity index (χ3v) is 3.86. The molecule has 0 radical (unpaired) electrons. The van der Waals surface area contributed by atoms with Crippen LogP contribution >= 0.6 is 0 Å². The normalized spacial score (nSPS) is 12.3. The monoisotopic (exact) mass is 268 g/mol. The molecule has 1 aliphatic heterocycles. The second-order valence-electron chi connectivity index (χ2n) is 5.25. The molecule has 0 aliphatic carbocycles. The molecule has 0 spiro atoms. The minimum Gasteiger partial charge on any atom is -0.481 e. The number of carboxylic acid groups (broad SMARTS) is 1. The standard InChI is InChI=1S/C17H16O3/c1-10-6-7-14-8-12-4-3-5-13(9-15(18)19)17(12)20-16(14)11(10)2/h3-7H,8-9H2,1-2H3,(H,18,19). The minimum absolute atomic E-state index is 0.0105. The largest absolute Gasteiger partial charge is 0.481 e. The summed E-state index contributed by atoms with van der Waals surface area (Å²) in [5, 5.41) is 9.01. The highest BCUT2D eigenvalue weighted by Crippen LogP contribution is 2.41. The Balaban J connectivity index is 2.09. The topological polar surface area (TPSA) is 46.5 Å². The molecule has 1 heterocycles. The number of rotatable bonds is 2. The quantitative estimate of drug-likeness (QED) is 0.772. The van der Waals surface area contributed by atoms with Crippen molar-refractivity contribution in [3.8, 4) is 11.5 Å². The zero-order chi connectivity index (χ0) is 14.3. The first kappa shape index (κ1) is 12.7. The predicted molar refractivity (Wildman–Crippen MR) is 76.6 cm³/mol. The molecule has 0 amide bonds. The van der Waals surface area contributed by atoms with Crippen LogP contribution in [0.15, 0.2) is 30.3 Å². The molecule has 3 rings (SSSR count). The number of ether oxygens (including phenoxy) is 1. The zero-order valence-electron chi connectivity index (χ0n) is 11.6. The van der Waals surface area contributed by atoms with E-state index in [-0.39, 0.29) is 6.42 Å². The van der Waals surface area contributed by atoms with Crippen molar-refractivity contribution in [1.29, 1.82) is 0 Å². The molecule has 20 heavy (non-hydrogen) atoms. The molecule has 2 aromatic rings. The van der Waals surface area contributed by atoms with Gasteiger partial charge in [0.05, 0.1) is 6.42 Å². The molecule has 2 aromatic carbocycles. The number of benzene rings is 2. The smallest absolute Gasteiger partial charge is 0.307 e. The third kappa shape index (κ3) is 2.05. The van der Waals surface area contributed by atoms with Crippen molar-refractivity contribution in [3.63, 3.8) is 0 Å². The first-order valence-electron chi connectivity index (χ1n) is 6.65. The maximum Gasteiger partial charge on any atom is 0.307 e. The lowest BCUT2D eigenvalue weighted by Gasteiger charge is -2.24. The molecule has 0 unspecified atom stereocenters. The van der Waals surface area contributed by atoms with E-state index in [1.165, 1.54) is 5.56 Å². The van der Waals surface area contributed by atoms with Crippen LogP contribution in [0.4, 0.5) is 0 Å². The summed E-state index contributed by atoms with van der Waals surface area (Å²) in [7, 11) is 0. The number of para-hydroxylation sites is 1. The van der Waals surface area contributed by atoms with Gasteiger partial charge in [0.2, 0.25) is 0 Å². The van der Waals surface area contributed by atoms with Gasteiger partial charge in [-0.1, -0.05) is 30.3 Å². The first-order valence-corrected chi connectivity index (χ1v) is 6.65. The van der Waals surface area contributed by atoms with Crippen molar-refractivity contribution in [2.45, 2.75) is 26.7 Å². The van der Waals surface area contributed by atoms with Gasteiger partial charge >= 0.3 is 5.97 Å². The molecule has 1 aliphatic rings. The molecule has 3 nitrogen and oxygen atoms in total. The van der Waals surface area contributed by atoms with Gasteiger partial charge < -0.3 is 9.84 Å². The summed E-state index contributed by atoms with van der Waals surface area (Å²) in [6.07, 6.45) is 0.780. The van der Waals surface area contributed by atoms with Gasteiger partial charge in [-0.15, -0.1) is 0 Å². The van der Waals surface area contributed by atoms with Crippen molar-refractivity contribution in [2.24, 2.45) is 0 Å². The molecular formula is C17H16O3. The molecular weight excluding hydrogens is 252 g/mol. The van der Waals surface area contributed by atoms with Gasteiger partial charge in [0.1, 0.15) is 11.5 Å².